The Morgan fingerprint density at radius 1 is 1.39 bits per heavy atom. The Bertz CT molecular complexity index is 370. The van der Waals surface area contributed by atoms with E-state index >= 15 is 0 Å². The molecule has 0 amide bonds. The summed E-state index contributed by atoms with van der Waals surface area (Å²) in [7, 11) is 0. The van der Waals surface area contributed by atoms with Gasteiger partial charge in [-0.2, -0.15) is 4.98 Å². The van der Waals surface area contributed by atoms with Gasteiger partial charge in [0.05, 0.1) is 6.61 Å². The molecule has 0 bridgehead atoms. The van der Waals surface area contributed by atoms with E-state index in [-0.39, 0.29) is 0 Å². The molecule has 1 aromatic heterocycles. The van der Waals surface area contributed by atoms with Gasteiger partial charge in [0.2, 0.25) is 11.8 Å². The average molecular weight is 249 g/mol. The van der Waals surface area contributed by atoms with Crippen molar-refractivity contribution < 1.29 is 4.74 Å². The quantitative estimate of drug-likeness (QED) is 0.870. The topological polar surface area (TPSA) is 47.0 Å². The molecule has 1 heterocycles. The first kappa shape index (κ1) is 13.1. The van der Waals surface area contributed by atoms with E-state index in [0.717, 1.165) is 6.42 Å². The third kappa shape index (κ3) is 3.59. The number of aromatic nitrogens is 2. The lowest BCUT2D eigenvalue weighted by atomic mass is 9.86. The van der Waals surface area contributed by atoms with Crippen molar-refractivity contribution in [2.24, 2.45) is 5.92 Å². The maximum absolute atomic E-state index is 5.52. The van der Waals surface area contributed by atoms with Crippen LogP contribution in [0.5, 0.6) is 5.88 Å². The summed E-state index contributed by atoms with van der Waals surface area (Å²) in [6, 6.07) is 2.31. The minimum Gasteiger partial charge on any atom is -0.478 e. The van der Waals surface area contributed by atoms with Crippen molar-refractivity contribution in [1.82, 2.24) is 9.97 Å². The number of hydrogen-bond acceptors (Lipinski definition) is 4. The molecule has 18 heavy (non-hydrogen) atoms. The lowest BCUT2D eigenvalue weighted by Crippen LogP contribution is -2.31. The fraction of sp³-hybridized carbons (Fsp3) is 0.714. The summed E-state index contributed by atoms with van der Waals surface area (Å²) < 4.78 is 5.52. The first-order valence-electron chi connectivity index (χ1n) is 7.02. The van der Waals surface area contributed by atoms with Crippen LogP contribution >= 0.6 is 0 Å². The van der Waals surface area contributed by atoms with Crippen LogP contribution in [0.15, 0.2) is 12.3 Å². The molecular formula is C14H23N3O. The first-order chi connectivity index (χ1) is 8.79. The Labute approximate surface area is 109 Å². The number of hydrogen-bond donors (Lipinski definition) is 1. The van der Waals surface area contributed by atoms with Crippen LogP contribution in [0.2, 0.25) is 0 Å². The van der Waals surface area contributed by atoms with E-state index in [0.29, 0.717) is 30.4 Å². The molecule has 100 valence electrons. The van der Waals surface area contributed by atoms with E-state index in [1.807, 2.05) is 6.07 Å². The zero-order valence-electron chi connectivity index (χ0n) is 11.4. The lowest BCUT2D eigenvalue weighted by Gasteiger charge is -2.29. The maximum Gasteiger partial charge on any atom is 0.226 e. The van der Waals surface area contributed by atoms with Gasteiger partial charge in [0.1, 0.15) is 0 Å². The van der Waals surface area contributed by atoms with Gasteiger partial charge in [0.25, 0.3) is 0 Å². The predicted molar refractivity (Wildman–Crippen MR) is 72.9 cm³/mol. The summed E-state index contributed by atoms with van der Waals surface area (Å²) in [5.41, 5.74) is 0. The third-order valence-electron chi connectivity index (χ3n) is 3.51. The van der Waals surface area contributed by atoms with Crippen LogP contribution < -0.4 is 10.1 Å². The average Bonchev–Trinajstić information content (AvgIpc) is 2.40. The fourth-order valence-electron chi connectivity index (χ4n) is 2.40. The van der Waals surface area contributed by atoms with Gasteiger partial charge in [-0.05, 0) is 25.2 Å². The highest BCUT2D eigenvalue weighted by molar-refractivity contribution is 5.29. The van der Waals surface area contributed by atoms with Crippen LogP contribution in [0.4, 0.5) is 5.95 Å². The van der Waals surface area contributed by atoms with Gasteiger partial charge in [-0.25, -0.2) is 4.98 Å². The van der Waals surface area contributed by atoms with Gasteiger partial charge in [-0.3, -0.25) is 0 Å². The summed E-state index contributed by atoms with van der Waals surface area (Å²) in [5.74, 6) is 2.06. The molecule has 0 saturated heterocycles. The number of ether oxygens (including phenoxy) is 1. The zero-order valence-corrected chi connectivity index (χ0v) is 11.4. The summed E-state index contributed by atoms with van der Waals surface area (Å²) in [4.78, 5) is 8.67. The van der Waals surface area contributed by atoms with Gasteiger partial charge in [0, 0.05) is 18.3 Å². The van der Waals surface area contributed by atoms with Gasteiger partial charge in [-0.1, -0.05) is 26.7 Å². The van der Waals surface area contributed by atoms with Crippen LogP contribution in [0.3, 0.4) is 0 Å². The standard InChI is InChI=1S/C14H23N3O/c1-3-10-18-13-8-9-15-14(17-13)16-12-7-5-4-6-11(12)2/h8-9,11-12H,3-7,10H2,1-2H3,(H,15,16,17). The largest absolute Gasteiger partial charge is 0.478 e. The Balaban J connectivity index is 1.95. The van der Waals surface area contributed by atoms with Crippen LogP contribution in [-0.2, 0) is 0 Å². The van der Waals surface area contributed by atoms with Gasteiger partial charge < -0.3 is 10.1 Å². The van der Waals surface area contributed by atoms with Crippen LogP contribution in [0.1, 0.15) is 46.0 Å². The molecule has 1 aliphatic rings. The van der Waals surface area contributed by atoms with Gasteiger partial charge in [-0.15, -0.1) is 0 Å². The minimum absolute atomic E-state index is 0.500. The van der Waals surface area contributed by atoms with Crippen LogP contribution in [0, 0.1) is 5.92 Å². The molecule has 2 rings (SSSR count). The molecule has 0 aromatic carbocycles. The Hall–Kier alpha value is -1.32. The Morgan fingerprint density at radius 3 is 3.00 bits per heavy atom. The van der Waals surface area contributed by atoms with E-state index in [2.05, 4.69) is 29.1 Å². The molecule has 1 aliphatic carbocycles. The number of nitrogens with one attached hydrogen (secondary N) is 1. The Kier molecular flexibility index (Phi) is 4.79. The fourth-order valence-corrected chi connectivity index (χ4v) is 2.40. The van der Waals surface area contributed by atoms with Crippen molar-refractivity contribution in [2.75, 3.05) is 11.9 Å². The molecule has 1 aromatic rings. The van der Waals surface area contributed by atoms with Crippen molar-refractivity contribution in [1.29, 1.82) is 0 Å². The molecule has 4 nitrogen and oxygen atoms in total. The molecule has 0 radical (unpaired) electrons. The van der Waals surface area contributed by atoms with Crippen molar-refractivity contribution in [3.8, 4) is 5.88 Å². The molecule has 0 spiro atoms. The summed E-state index contributed by atoms with van der Waals surface area (Å²) >= 11 is 0. The van der Waals surface area contributed by atoms with Crippen molar-refractivity contribution in [3.05, 3.63) is 12.3 Å². The number of rotatable bonds is 5. The van der Waals surface area contributed by atoms with E-state index in [9.17, 15) is 0 Å². The molecule has 0 aliphatic heterocycles. The summed E-state index contributed by atoms with van der Waals surface area (Å²) in [6.45, 7) is 5.09. The smallest absolute Gasteiger partial charge is 0.226 e. The first-order valence-corrected chi connectivity index (χ1v) is 7.02. The summed E-state index contributed by atoms with van der Waals surface area (Å²) in [5, 5.41) is 3.45. The van der Waals surface area contributed by atoms with Crippen LogP contribution in [-0.4, -0.2) is 22.6 Å². The highest BCUT2D eigenvalue weighted by Gasteiger charge is 2.21. The third-order valence-corrected chi connectivity index (χ3v) is 3.51. The zero-order chi connectivity index (χ0) is 12.8. The van der Waals surface area contributed by atoms with Gasteiger partial charge >= 0.3 is 0 Å². The maximum atomic E-state index is 5.52. The molecule has 4 heteroatoms. The van der Waals surface area contributed by atoms with Crippen molar-refractivity contribution in [2.45, 2.75) is 52.0 Å². The second-order valence-corrected chi connectivity index (χ2v) is 5.08. The SMILES string of the molecule is CCCOc1ccnc(NC2CCCCC2C)n1. The van der Waals surface area contributed by atoms with Crippen molar-refractivity contribution in [3.63, 3.8) is 0 Å². The van der Waals surface area contributed by atoms with Crippen LogP contribution in [0.25, 0.3) is 0 Å². The van der Waals surface area contributed by atoms with E-state index in [4.69, 9.17) is 4.74 Å². The molecular weight excluding hydrogens is 226 g/mol. The second kappa shape index (κ2) is 6.57. The summed E-state index contributed by atoms with van der Waals surface area (Å²) in [6.07, 6.45) is 7.91. The molecule has 1 fully saturated rings. The minimum atomic E-state index is 0.500. The normalized spacial score (nSPS) is 23.7. The van der Waals surface area contributed by atoms with Crippen molar-refractivity contribution >= 4 is 5.95 Å². The Morgan fingerprint density at radius 2 is 2.22 bits per heavy atom. The molecule has 2 atom stereocenters. The van der Waals surface area contributed by atoms with E-state index in [1.54, 1.807) is 6.20 Å². The monoisotopic (exact) mass is 249 g/mol. The molecule has 1 N–H and O–H groups in total. The van der Waals surface area contributed by atoms with E-state index in [1.165, 1.54) is 25.7 Å². The molecule has 1 saturated carbocycles. The highest BCUT2D eigenvalue weighted by Crippen LogP contribution is 2.26. The predicted octanol–water partition coefficient (Wildman–Crippen LogP) is 3.26. The second-order valence-electron chi connectivity index (χ2n) is 5.08. The molecule has 2 unspecified atom stereocenters. The number of anilines is 1. The van der Waals surface area contributed by atoms with E-state index < -0.39 is 0 Å². The lowest BCUT2D eigenvalue weighted by molar-refractivity contribution is 0.304. The van der Waals surface area contributed by atoms with Gasteiger partial charge in [0.15, 0.2) is 0 Å². The number of nitrogens with zero attached hydrogens (tertiary/aromatic N) is 2. The highest BCUT2D eigenvalue weighted by atomic mass is 16.5.